The predicted molar refractivity (Wildman–Crippen MR) is 83.5 cm³/mol. The molecule has 2 unspecified atom stereocenters. The van der Waals surface area contributed by atoms with Crippen LogP contribution in [0.25, 0.3) is 0 Å². The van der Waals surface area contributed by atoms with Crippen molar-refractivity contribution in [3.63, 3.8) is 0 Å². The van der Waals surface area contributed by atoms with Gasteiger partial charge in [-0.2, -0.15) is 0 Å². The molecule has 22 heavy (non-hydrogen) atoms. The predicted octanol–water partition coefficient (Wildman–Crippen LogP) is 3.74. The summed E-state index contributed by atoms with van der Waals surface area (Å²) < 4.78 is 25.3. The van der Waals surface area contributed by atoms with E-state index in [1.54, 1.807) is 12.1 Å². The summed E-state index contributed by atoms with van der Waals surface area (Å²) in [7, 11) is 0. The molecule has 2 rings (SSSR count). The van der Waals surface area contributed by atoms with Gasteiger partial charge in [-0.1, -0.05) is 6.92 Å². The Morgan fingerprint density at radius 3 is 2.82 bits per heavy atom. The molecular formula is C17H24FNO3. The lowest BCUT2D eigenvalue weighted by atomic mass is 9.92. The zero-order valence-electron chi connectivity index (χ0n) is 13.5. The normalized spacial score (nSPS) is 21.5. The summed E-state index contributed by atoms with van der Waals surface area (Å²) in [4.78, 5) is 13.3. The fraction of sp³-hybridized carbons (Fsp3) is 0.588. The molecule has 1 aliphatic rings. The molecule has 122 valence electrons. The van der Waals surface area contributed by atoms with Crippen LogP contribution in [0, 0.1) is 11.7 Å². The fourth-order valence-corrected chi connectivity index (χ4v) is 3.01. The van der Waals surface area contributed by atoms with E-state index in [4.69, 9.17) is 9.47 Å². The standard InChI is InChI=1S/C17H24FNO3/c1-4-13-7-6-10-19(17(13)22-12(3)20)16-11-14(21-5-2)8-9-15(16)18/h8-9,11,13,17H,4-7,10H2,1-3H3. The average Bonchev–Trinajstić information content (AvgIpc) is 2.49. The first kappa shape index (κ1) is 16.6. The monoisotopic (exact) mass is 309 g/mol. The van der Waals surface area contributed by atoms with Crippen molar-refractivity contribution in [3.05, 3.63) is 24.0 Å². The molecule has 5 heteroatoms. The zero-order valence-corrected chi connectivity index (χ0v) is 13.5. The molecule has 1 saturated heterocycles. The Morgan fingerprint density at radius 2 is 2.18 bits per heavy atom. The molecule has 1 heterocycles. The van der Waals surface area contributed by atoms with Gasteiger partial charge in [-0.3, -0.25) is 4.79 Å². The van der Waals surface area contributed by atoms with Gasteiger partial charge in [0.1, 0.15) is 11.6 Å². The quantitative estimate of drug-likeness (QED) is 0.777. The Balaban J connectivity index is 2.34. The Labute approximate surface area is 131 Å². The average molecular weight is 309 g/mol. The van der Waals surface area contributed by atoms with Crippen molar-refractivity contribution in [1.29, 1.82) is 0 Å². The fourth-order valence-electron chi connectivity index (χ4n) is 3.01. The van der Waals surface area contributed by atoms with Crippen LogP contribution in [0.1, 0.15) is 40.0 Å². The SMILES string of the molecule is CCOc1ccc(F)c(N2CCCC(CC)C2OC(C)=O)c1. The van der Waals surface area contributed by atoms with E-state index in [0.717, 1.165) is 19.3 Å². The number of benzene rings is 1. The van der Waals surface area contributed by atoms with E-state index in [1.165, 1.54) is 13.0 Å². The minimum atomic E-state index is -0.414. The van der Waals surface area contributed by atoms with E-state index in [-0.39, 0.29) is 17.7 Å². The Hall–Kier alpha value is -1.78. The van der Waals surface area contributed by atoms with Gasteiger partial charge in [-0.25, -0.2) is 4.39 Å². The summed E-state index contributed by atoms with van der Waals surface area (Å²) in [5.41, 5.74) is 0.440. The molecule has 0 aromatic heterocycles. The number of carbonyl (C=O) groups excluding carboxylic acids is 1. The zero-order chi connectivity index (χ0) is 16.1. The van der Waals surface area contributed by atoms with E-state index in [2.05, 4.69) is 6.92 Å². The number of carbonyl (C=O) groups is 1. The van der Waals surface area contributed by atoms with E-state index < -0.39 is 6.23 Å². The van der Waals surface area contributed by atoms with Gasteiger partial charge in [0.2, 0.25) is 0 Å². The van der Waals surface area contributed by atoms with Crippen LogP contribution in [0.15, 0.2) is 18.2 Å². The molecule has 0 N–H and O–H groups in total. The number of halogens is 1. The number of hydrogen-bond donors (Lipinski definition) is 0. The van der Waals surface area contributed by atoms with Gasteiger partial charge in [0.25, 0.3) is 0 Å². The Morgan fingerprint density at radius 1 is 1.41 bits per heavy atom. The number of hydrogen-bond acceptors (Lipinski definition) is 4. The topological polar surface area (TPSA) is 38.8 Å². The highest BCUT2D eigenvalue weighted by Gasteiger charge is 2.34. The first-order chi connectivity index (χ1) is 10.6. The van der Waals surface area contributed by atoms with Crippen LogP contribution in [-0.2, 0) is 9.53 Å². The summed E-state index contributed by atoms with van der Waals surface area (Å²) in [5, 5.41) is 0. The lowest BCUT2D eigenvalue weighted by Gasteiger charge is -2.41. The molecule has 0 aliphatic carbocycles. The third-order valence-corrected chi connectivity index (χ3v) is 4.03. The molecule has 0 amide bonds. The summed E-state index contributed by atoms with van der Waals surface area (Å²) in [6.45, 7) is 6.54. The third-order valence-electron chi connectivity index (χ3n) is 4.03. The van der Waals surface area contributed by atoms with E-state index in [9.17, 15) is 9.18 Å². The van der Waals surface area contributed by atoms with Gasteiger partial charge in [0, 0.05) is 25.5 Å². The second-order valence-electron chi connectivity index (χ2n) is 5.55. The highest BCUT2D eigenvalue weighted by molar-refractivity contribution is 5.67. The largest absolute Gasteiger partial charge is 0.494 e. The summed E-state index contributed by atoms with van der Waals surface area (Å²) in [6.07, 6.45) is 2.41. The van der Waals surface area contributed by atoms with Crippen LogP contribution in [0.2, 0.25) is 0 Å². The van der Waals surface area contributed by atoms with Crippen molar-refractivity contribution in [2.24, 2.45) is 5.92 Å². The molecule has 1 aromatic rings. The summed E-state index contributed by atoms with van der Waals surface area (Å²) in [5.74, 6) is 0.181. The molecular weight excluding hydrogens is 285 g/mol. The van der Waals surface area contributed by atoms with Gasteiger partial charge in [0.05, 0.1) is 12.3 Å². The van der Waals surface area contributed by atoms with Crippen molar-refractivity contribution in [2.45, 2.75) is 46.3 Å². The molecule has 1 fully saturated rings. The third kappa shape index (κ3) is 3.70. The summed E-state index contributed by atoms with van der Waals surface area (Å²) in [6, 6.07) is 4.71. The minimum Gasteiger partial charge on any atom is -0.494 e. The highest BCUT2D eigenvalue weighted by Crippen LogP contribution is 2.34. The number of anilines is 1. The molecule has 1 aliphatic heterocycles. The molecule has 2 atom stereocenters. The van der Waals surface area contributed by atoms with Gasteiger partial charge in [-0.05, 0) is 38.3 Å². The maximum Gasteiger partial charge on any atom is 0.304 e. The highest BCUT2D eigenvalue weighted by atomic mass is 19.1. The van der Waals surface area contributed by atoms with Crippen molar-refractivity contribution in [1.82, 2.24) is 0 Å². The van der Waals surface area contributed by atoms with Gasteiger partial charge >= 0.3 is 5.97 Å². The molecule has 4 nitrogen and oxygen atoms in total. The van der Waals surface area contributed by atoms with Gasteiger partial charge < -0.3 is 14.4 Å². The second kappa shape index (κ2) is 7.47. The van der Waals surface area contributed by atoms with Gasteiger partial charge in [0.15, 0.2) is 6.23 Å². The first-order valence-electron chi connectivity index (χ1n) is 7.93. The van der Waals surface area contributed by atoms with Crippen LogP contribution < -0.4 is 9.64 Å². The lowest BCUT2D eigenvalue weighted by Crippen LogP contribution is -2.48. The first-order valence-corrected chi connectivity index (χ1v) is 7.93. The maximum absolute atomic E-state index is 14.3. The van der Waals surface area contributed by atoms with Crippen molar-refractivity contribution in [2.75, 3.05) is 18.1 Å². The van der Waals surface area contributed by atoms with Crippen LogP contribution in [0.4, 0.5) is 10.1 Å². The summed E-state index contributed by atoms with van der Waals surface area (Å²) >= 11 is 0. The van der Waals surface area contributed by atoms with E-state index in [1.807, 2.05) is 11.8 Å². The molecule has 0 saturated carbocycles. The smallest absolute Gasteiger partial charge is 0.304 e. The van der Waals surface area contributed by atoms with E-state index in [0.29, 0.717) is 24.6 Å². The van der Waals surface area contributed by atoms with Crippen LogP contribution >= 0.6 is 0 Å². The molecule has 0 spiro atoms. The van der Waals surface area contributed by atoms with Gasteiger partial charge in [-0.15, -0.1) is 0 Å². The maximum atomic E-state index is 14.3. The molecule has 0 radical (unpaired) electrons. The van der Waals surface area contributed by atoms with E-state index >= 15 is 0 Å². The van der Waals surface area contributed by atoms with Crippen LogP contribution in [0.3, 0.4) is 0 Å². The number of rotatable bonds is 5. The number of esters is 1. The number of piperidine rings is 1. The Bertz CT molecular complexity index is 521. The number of ether oxygens (including phenoxy) is 2. The van der Waals surface area contributed by atoms with Crippen molar-refractivity contribution in [3.8, 4) is 5.75 Å². The van der Waals surface area contributed by atoms with Crippen molar-refractivity contribution >= 4 is 11.7 Å². The second-order valence-corrected chi connectivity index (χ2v) is 5.55. The Kier molecular flexibility index (Phi) is 5.63. The lowest BCUT2D eigenvalue weighted by molar-refractivity contribution is -0.150. The number of nitrogens with zero attached hydrogens (tertiary/aromatic N) is 1. The molecule has 0 bridgehead atoms. The van der Waals surface area contributed by atoms with Crippen LogP contribution in [-0.4, -0.2) is 25.3 Å². The molecule has 1 aromatic carbocycles. The van der Waals surface area contributed by atoms with Crippen molar-refractivity contribution < 1.29 is 18.7 Å². The minimum absolute atomic E-state index is 0.216. The van der Waals surface area contributed by atoms with Crippen LogP contribution in [0.5, 0.6) is 5.75 Å².